The summed E-state index contributed by atoms with van der Waals surface area (Å²) < 4.78 is 4.89. The highest BCUT2D eigenvalue weighted by atomic mass is 16.5. The normalized spacial score (nSPS) is 33.6. The second kappa shape index (κ2) is 5.43. The molecule has 15 heavy (non-hydrogen) atoms. The van der Waals surface area contributed by atoms with E-state index in [0.717, 1.165) is 32.9 Å². The highest BCUT2D eigenvalue weighted by Gasteiger charge is 2.34. The van der Waals surface area contributed by atoms with Crippen molar-refractivity contribution < 1.29 is 9.53 Å². The van der Waals surface area contributed by atoms with Gasteiger partial charge in [-0.2, -0.15) is 0 Å². The van der Waals surface area contributed by atoms with Crippen LogP contribution in [-0.4, -0.2) is 28.0 Å². The van der Waals surface area contributed by atoms with Crippen molar-refractivity contribution in [3.05, 3.63) is 12.2 Å². The van der Waals surface area contributed by atoms with E-state index in [1.807, 2.05) is 6.92 Å². The van der Waals surface area contributed by atoms with Gasteiger partial charge in [-0.3, -0.25) is 4.79 Å². The molecule has 0 amide bonds. The lowest BCUT2D eigenvalue weighted by atomic mass is 9.45. The third-order valence-electron chi connectivity index (χ3n) is 3.54. The van der Waals surface area contributed by atoms with Crippen molar-refractivity contribution in [3.63, 3.8) is 0 Å². The van der Waals surface area contributed by atoms with Crippen LogP contribution < -0.4 is 0 Å². The van der Waals surface area contributed by atoms with Crippen molar-refractivity contribution in [2.24, 2.45) is 5.41 Å². The average molecular weight is 206 g/mol. The second-order valence-electron chi connectivity index (χ2n) is 4.73. The van der Waals surface area contributed by atoms with Crippen LogP contribution in [0.15, 0.2) is 12.2 Å². The van der Waals surface area contributed by atoms with E-state index in [0.29, 0.717) is 5.82 Å². The number of carbonyl (C=O) groups excluding carboxylic acids is 1. The van der Waals surface area contributed by atoms with Crippen molar-refractivity contribution in [2.45, 2.75) is 38.4 Å². The van der Waals surface area contributed by atoms with Crippen LogP contribution in [0, 0.1) is 5.41 Å². The number of rotatable bonds is 2. The number of esters is 1. The van der Waals surface area contributed by atoms with Crippen molar-refractivity contribution >= 4 is 20.9 Å². The summed E-state index contributed by atoms with van der Waals surface area (Å²) in [5.41, 5.74) is -0.271. The molecule has 0 aliphatic heterocycles. The van der Waals surface area contributed by atoms with Gasteiger partial charge < -0.3 is 4.74 Å². The van der Waals surface area contributed by atoms with E-state index >= 15 is 0 Å². The van der Waals surface area contributed by atoms with E-state index in [-0.39, 0.29) is 11.4 Å². The summed E-state index contributed by atoms with van der Waals surface area (Å²) in [6, 6.07) is 0. The Hall–Kier alpha value is -0.660. The smallest absolute Gasteiger partial charge is 0.311 e. The number of allylic oxidation sites excluding steroid dienone is 2. The van der Waals surface area contributed by atoms with Gasteiger partial charge in [-0.15, -0.1) is 0 Å². The van der Waals surface area contributed by atoms with Gasteiger partial charge in [0.1, 0.15) is 0 Å². The van der Waals surface area contributed by atoms with Crippen LogP contribution in [0.2, 0.25) is 5.82 Å². The zero-order valence-corrected chi connectivity index (χ0v) is 10.1. The summed E-state index contributed by atoms with van der Waals surface area (Å²) in [5.74, 6) is 0.585. The summed E-state index contributed by atoms with van der Waals surface area (Å²) in [4.78, 5) is 11.7. The van der Waals surface area contributed by atoms with Gasteiger partial charge >= 0.3 is 5.97 Å². The van der Waals surface area contributed by atoms with E-state index in [1.165, 1.54) is 7.11 Å². The molecular formula is C11H20B2O2. The third-order valence-corrected chi connectivity index (χ3v) is 3.54. The number of ether oxygens (including phenoxy) is 1. The molecule has 2 nitrogen and oxygen atoms in total. The van der Waals surface area contributed by atoms with Crippen LogP contribution in [-0.2, 0) is 9.53 Å². The van der Waals surface area contributed by atoms with Gasteiger partial charge in [0.05, 0.1) is 27.4 Å². The fourth-order valence-electron chi connectivity index (χ4n) is 2.21. The fraction of sp³-hybridized carbons (Fsp3) is 0.727. The predicted octanol–water partition coefficient (Wildman–Crippen LogP) is 1.07. The number of hydrogen-bond acceptors (Lipinski definition) is 2. The Morgan fingerprint density at radius 2 is 2.33 bits per heavy atom. The van der Waals surface area contributed by atoms with Gasteiger partial charge in [-0.05, 0) is 26.2 Å². The molecule has 0 N–H and O–H groups in total. The molecule has 0 saturated heterocycles. The first kappa shape index (κ1) is 12.4. The lowest BCUT2D eigenvalue weighted by Crippen LogP contribution is -2.30. The van der Waals surface area contributed by atoms with Crippen LogP contribution in [0.5, 0.6) is 0 Å². The Morgan fingerprint density at radius 3 is 2.93 bits per heavy atom. The molecule has 2 atom stereocenters. The Morgan fingerprint density at radius 1 is 1.60 bits per heavy atom. The Bertz CT molecular complexity index is 253. The van der Waals surface area contributed by atoms with Crippen LogP contribution >= 0.6 is 0 Å². The van der Waals surface area contributed by atoms with Crippen LogP contribution in [0.25, 0.3) is 0 Å². The maximum Gasteiger partial charge on any atom is 0.311 e. The fourth-order valence-corrected chi connectivity index (χ4v) is 2.21. The minimum Gasteiger partial charge on any atom is -0.469 e. The molecule has 0 aromatic heterocycles. The predicted molar refractivity (Wildman–Crippen MR) is 67.2 cm³/mol. The molecule has 1 rings (SSSR count). The third kappa shape index (κ3) is 3.15. The topological polar surface area (TPSA) is 26.3 Å². The quantitative estimate of drug-likeness (QED) is 0.383. The molecule has 82 valence electrons. The SMILES string of the molecule is BB[C@H]1/C=C/CC[C@@](C)(C(=O)OC)CC1. The molecule has 0 fully saturated rings. The largest absolute Gasteiger partial charge is 0.469 e. The van der Waals surface area contributed by atoms with Gasteiger partial charge in [0.25, 0.3) is 0 Å². The van der Waals surface area contributed by atoms with E-state index in [2.05, 4.69) is 19.9 Å². The standard InChI is InChI=1S/C11H20B2O2/c1-11(10(14)15-2)7-4-3-5-9(13-12)6-8-11/h3,5,9,13H,4,6-8,12H2,1-2H3/b5-3+/t9-,11+/m0/s1. The Labute approximate surface area is 94.1 Å². The van der Waals surface area contributed by atoms with Gasteiger partial charge in [-0.1, -0.05) is 24.4 Å². The number of carbonyl (C=O) groups is 1. The zero-order chi connectivity index (χ0) is 11.3. The van der Waals surface area contributed by atoms with E-state index in [9.17, 15) is 4.79 Å². The van der Waals surface area contributed by atoms with E-state index < -0.39 is 0 Å². The highest BCUT2D eigenvalue weighted by Crippen LogP contribution is 2.35. The minimum absolute atomic E-state index is 0.0485. The van der Waals surface area contributed by atoms with Crippen LogP contribution in [0.4, 0.5) is 0 Å². The van der Waals surface area contributed by atoms with Gasteiger partial charge in [0, 0.05) is 0 Å². The van der Waals surface area contributed by atoms with Crippen molar-refractivity contribution in [2.75, 3.05) is 7.11 Å². The summed E-state index contributed by atoms with van der Waals surface area (Å²) in [7, 11) is 4.85. The summed E-state index contributed by atoms with van der Waals surface area (Å²) in [6.07, 6.45) is 8.46. The molecule has 0 bridgehead atoms. The molecule has 0 spiro atoms. The number of methoxy groups -OCH3 is 1. The van der Waals surface area contributed by atoms with Gasteiger partial charge in [0.2, 0.25) is 0 Å². The molecule has 0 saturated carbocycles. The van der Waals surface area contributed by atoms with E-state index in [4.69, 9.17) is 4.74 Å². The molecule has 4 heteroatoms. The maximum atomic E-state index is 11.7. The maximum absolute atomic E-state index is 11.7. The Kier molecular flexibility index (Phi) is 4.49. The van der Waals surface area contributed by atoms with Gasteiger partial charge in [0.15, 0.2) is 0 Å². The van der Waals surface area contributed by atoms with Gasteiger partial charge in [-0.25, -0.2) is 0 Å². The zero-order valence-electron chi connectivity index (χ0n) is 10.1. The highest BCUT2D eigenvalue weighted by molar-refractivity contribution is 6.90. The first-order valence-corrected chi connectivity index (χ1v) is 5.87. The first-order chi connectivity index (χ1) is 7.12. The molecule has 0 aromatic rings. The molecule has 0 heterocycles. The van der Waals surface area contributed by atoms with Crippen molar-refractivity contribution in [3.8, 4) is 0 Å². The summed E-state index contributed by atoms with van der Waals surface area (Å²) >= 11 is 0. The van der Waals surface area contributed by atoms with Crippen LogP contribution in [0.3, 0.4) is 0 Å². The summed E-state index contributed by atoms with van der Waals surface area (Å²) in [6.45, 7) is 2.03. The van der Waals surface area contributed by atoms with E-state index in [1.54, 1.807) is 0 Å². The second-order valence-corrected chi connectivity index (χ2v) is 4.73. The molecule has 1 aliphatic rings. The molecular weight excluding hydrogens is 186 g/mol. The Balaban J connectivity index is 2.69. The molecule has 1 aliphatic carbocycles. The lowest BCUT2D eigenvalue weighted by Gasteiger charge is -2.29. The molecule has 0 radical (unpaired) electrons. The summed E-state index contributed by atoms with van der Waals surface area (Å²) in [5, 5.41) is 0. The van der Waals surface area contributed by atoms with Crippen molar-refractivity contribution in [1.29, 1.82) is 0 Å². The minimum atomic E-state index is -0.271. The monoisotopic (exact) mass is 206 g/mol. The first-order valence-electron chi connectivity index (χ1n) is 5.87. The lowest BCUT2D eigenvalue weighted by molar-refractivity contribution is -0.152. The average Bonchev–Trinajstić information content (AvgIpc) is 2.23. The molecule has 0 unspecified atom stereocenters. The van der Waals surface area contributed by atoms with Crippen molar-refractivity contribution in [1.82, 2.24) is 0 Å². The molecule has 0 aromatic carbocycles. The van der Waals surface area contributed by atoms with Crippen LogP contribution in [0.1, 0.15) is 32.6 Å². The number of hydrogen-bond donors (Lipinski definition) is 0.